The largest absolute Gasteiger partial charge is 0.573 e. The molecule has 1 saturated heterocycles. The lowest BCUT2D eigenvalue weighted by molar-refractivity contribution is -0.274. The van der Waals surface area contributed by atoms with Crippen LogP contribution in [0.4, 0.5) is 17.6 Å². The van der Waals surface area contributed by atoms with Gasteiger partial charge in [0, 0.05) is 37.8 Å². The Labute approximate surface area is 166 Å². The highest BCUT2D eigenvalue weighted by molar-refractivity contribution is 5.47. The van der Waals surface area contributed by atoms with Crippen LogP contribution in [0.5, 0.6) is 17.2 Å². The van der Waals surface area contributed by atoms with Crippen LogP contribution in [-0.4, -0.2) is 51.7 Å². The molecule has 0 spiro atoms. The van der Waals surface area contributed by atoms with E-state index in [1.54, 1.807) is 6.07 Å². The van der Waals surface area contributed by atoms with Crippen molar-refractivity contribution in [1.82, 2.24) is 10.2 Å². The van der Waals surface area contributed by atoms with Crippen LogP contribution >= 0.6 is 0 Å². The number of ether oxygens (including phenoxy) is 3. The second-order valence-electron chi connectivity index (χ2n) is 6.53. The van der Waals surface area contributed by atoms with E-state index in [9.17, 15) is 17.6 Å². The van der Waals surface area contributed by atoms with Gasteiger partial charge in [-0.2, -0.15) is 0 Å². The first-order chi connectivity index (χ1) is 13.8. The molecule has 0 amide bonds. The summed E-state index contributed by atoms with van der Waals surface area (Å²) in [7, 11) is 2.88. The van der Waals surface area contributed by atoms with E-state index < -0.39 is 18.2 Å². The summed E-state index contributed by atoms with van der Waals surface area (Å²) in [6, 6.07) is 7.82. The smallest absolute Gasteiger partial charge is 0.493 e. The lowest BCUT2D eigenvalue weighted by Gasteiger charge is -2.36. The summed E-state index contributed by atoms with van der Waals surface area (Å²) in [5.74, 6) is -0.169. The molecule has 0 radical (unpaired) electrons. The van der Waals surface area contributed by atoms with Crippen LogP contribution in [0.1, 0.15) is 17.2 Å². The SMILES string of the molecule is COc1cc(F)c([C@H](c2ccc(OC(F)(F)F)cc2)N2CCNCC2)cc1OC. The third-order valence-corrected chi connectivity index (χ3v) is 4.74. The van der Waals surface area contributed by atoms with Crippen molar-refractivity contribution >= 4 is 0 Å². The van der Waals surface area contributed by atoms with Crippen LogP contribution in [0.15, 0.2) is 36.4 Å². The second-order valence-corrected chi connectivity index (χ2v) is 6.53. The standard InChI is InChI=1S/C20H22F4N2O3/c1-27-17-11-15(16(21)12-18(17)28-2)19(26-9-7-25-8-10-26)13-3-5-14(6-4-13)29-20(22,23)24/h3-6,11-12,19,25H,7-10H2,1-2H3/t19-/m0/s1. The van der Waals surface area contributed by atoms with Crippen LogP contribution in [0.2, 0.25) is 0 Å². The number of alkyl halides is 3. The van der Waals surface area contributed by atoms with Gasteiger partial charge in [0.15, 0.2) is 11.5 Å². The van der Waals surface area contributed by atoms with E-state index in [-0.39, 0.29) is 11.5 Å². The Bertz CT molecular complexity index is 822. The number of piperazine rings is 1. The number of nitrogens with zero attached hydrogens (tertiary/aromatic N) is 1. The zero-order valence-electron chi connectivity index (χ0n) is 16.1. The van der Waals surface area contributed by atoms with E-state index in [2.05, 4.69) is 15.0 Å². The van der Waals surface area contributed by atoms with Gasteiger partial charge in [0.2, 0.25) is 0 Å². The van der Waals surface area contributed by atoms with Crippen molar-refractivity contribution in [3.63, 3.8) is 0 Å². The summed E-state index contributed by atoms with van der Waals surface area (Å²) in [5, 5.41) is 3.24. The molecule has 1 N–H and O–H groups in total. The van der Waals surface area contributed by atoms with Gasteiger partial charge in [0.25, 0.3) is 0 Å². The predicted molar refractivity (Wildman–Crippen MR) is 98.9 cm³/mol. The predicted octanol–water partition coefficient (Wildman–Crippen LogP) is 3.74. The van der Waals surface area contributed by atoms with Crippen molar-refractivity contribution in [2.24, 2.45) is 0 Å². The lowest BCUT2D eigenvalue weighted by Crippen LogP contribution is -2.45. The molecule has 1 atom stereocenters. The Morgan fingerprint density at radius 2 is 1.55 bits per heavy atom. The van der Waals surface area contributed by atoms with Crippen molar-refractivity contribution in [3.05, 3.63) is 53.3 Å². The summed E-state index contributed by atoms with van der Waals surface area (Å²) in [4.78, 5) is 2.07. The number of hydrogen-bond acceptors (Lipinski definition) is 5. The minimum atomic E-state index is -4.77. The average Bonchev–Trinajstić information content (AvgIpc) is 2.70. The number of methoxy groups -OCH3 is 2. The fourth-order valence-electron chi connectivity index (χ4n) is 3.46. The van der Waals surface area contributed by atoms with Gasteiger partial charge < -0.3 is 19.5 Å². The number of hydrogen-bond donors (Lipinski definition) is 1. The molecule has 2 aromatic carbocycles. The Hall–Kier alpha value is -2.52. The summed E-state index contributed by atoms with van der Waals surface area (Å²) < 4.78 is 66.8. The average molecular weight is 414 g/mol. The molecule has 0 bridgehead atoms. The summed E-state index contributed by atoms with van der Waals surface area (Å²) in [6.45, 7) is 2.75. The molecule has 3 rings (SSSR count). The van der Waals surface area contributed by atoms with Gasteiger partial charge in [-0.3, -0.25) is 4.90 Å². The molecular formula is C20H22F4N2O3. The van der Waals surface area contributed by atoms with Crippen molar-refractivity contribution in [1.29, 1.82) is 0 Å². The Balaban J connectivity index is 2.02. The molecule has 9 heteroatoms. The van der Waals surface area contributed by atoms with Crippen molar-refractivity contribution in [2.75, 3.05) is 40.4 Å². The highest BCUT2D eigenvalue weighted by Crippen LogP contribution is 2.38. The summed E-state index contributed by atoms with van der Waals surface area (Å²) >= 11 is 0. The van der Waals surface area contributed by atoms with E-state index in [0.717, 1.165) is 13.1 Å². The molecule has 0 aliphatic carbocycles. The van der Waals surface area contributed by atoms with E-state index in [4.69, 9.17) is 9.47 Å². The Morgan fingerprint density at radius 3 is 2.10 bits per heavy atom. The third kappa shape index (κ3) is 5.10. The van der Waals surface area contributed by atoms with Crippen LogP contribution < -0.4 is 19.5 Å². The maximum absolute atomic E-state index is 15.0. The van der Waals surface area contributed by atoms with Crippen LogP contribution in [0.25, 0.3) is 0 Å². The molecule has 1 aliphatic heterocycles. The molecule has 1 aliphatic rings. The van der Waals surface area contributed by atoms with E-state index in [1.807, 2.05) is 0 Å². The fourth-order valence-corrected chi connectivity index (χ4v) is 3.46. The molecule has 0 saturated carbocycles. The highest BCUT2D eigenvalue weighted by atomic mass is 19.4. The third-order valence-electron chi connectivity index (χ3n) is 4.74. The molecule has 1 heterocycles. The van der Waals surface area contributed by atoms with E-state index in [0.29, 0.717) is 30.0 Å². The fraction of sp³-hybridized carbons (Fsp3) is 0.400. The quantitative estimate of drug-likeness (QED) is 0.730. The van der Waals surface area contributed by atoms with Gasteiger partial charge in [-0.1, -0.05) is 12.1 Å². The molecule has 158 valence electrons. The van der Waals surface area contributed by atoms with Crippen LogP contribution in [0, 0.1) is 5.82 Å². The molecule has 2 aromatic rings. The van der Waals surface area contributed by atoms with Crippen LogP contribution in [0.3, 0.4) is 0 Å². The van der Waals surface area contributed by atoms with Gasteiger partial charge in [-0.25, -0.2) is 4.39 Å². The normalized spacial score (nSPS) is 16.3. The Morgan fingerprint density at radius 1 is 0.966 bits per heavy atom. The molecule has 5 nitrogen and oxygen atoms in total. The zero-order chi connectivity index (χ0) is 21.0. The highest BCUT2D eigenvalue weighted by Gasteiger charge is 2.32. The molecule has 29 heavy (non-hydrogen) atoms. The minimum absolute atomic E-state index is 0.265. The monoisotopic (exact) mass is 414 g/mol. The van der Waals surface area contributed by atoms with Crippen LogP contribution in [-0.2, 0) is 0 Å². The van der Waals surface area contributed by atoms with Crippen molar-refractivity contribution < 1.29 is 31.8 Å². The zero-order valence-corrected chi connectivity index (χ0v) is 16.1. The lowest BCUT2D eigenvalue weighted by atomic mass is 9.95. The topological polar surface area (TPSA) is 43.0 Å². The van der Waals surface area contributed by atoms with Gasteiger partial charge >= 0.3 is 6.36 Å². The first-order valence-electron chi connectivity index (χ1n) is 9.04. The number of benzene rings is 2. The van der Waals surface area contributed by atoms with E-state index >= 15 is 0 Å². The van der Waals surface area contributed by atoms with Gasteiger partial charge in [0.05, 0.1) is 20.3 Å². The maximum atomic E-state index is 15.0. The maximum Gasteiger partial charge on any atom is 0.573 e. The van der Waals surface area contributed by atoms with Crippen molar-refractivity contribution in [3.8, 4) is 17.2 Å². The number of nitrogens with one attached hydrogen (secondary N) is 1. The van der Waals surface area contributed by atoms with Gasteiger partial charge in [-0.15, -0.1) is 13.2 Å². The first kappa shape index (κ1) is 21.2. The van der Waals surface area contributed by atoms with Gasteiger partial charge in [0.1, 0.15) is 11.6 Å². The molecular weight excluding hydrogens is 392 g/mol. The molecule has 0 unspecified atom stereocenters. The summed E-state index contributed by atoms with van der Waals surface area (Å²) in [6.07, 6.45) is -4.77. The second kappa shape index (κ2) is 8.87. The number of halogens is 4. The molecule has 0 aromatic heterocycles. The minimum Gasteiger partial charge on any atom is -0.493 e. The van der Waals surface area contributed by atoms with E-state index in [1.165, 1.54) is 44.6 Å². The first-order valence-corrected chi connectivity index (χ1v) is 9.04. The summed E-state index contributed by atoms with van der Waals surface area (Å²) in [5.41, 5.74) is 1.00. The van der Waals surface area contributed by atoms with Crippen molar-refractivity contribution in [2.45, 2.75) is 12.4 Å². The van der Waals surface area contributed by atoms with Gasteiger partial charge in [-0.05, 0) is 23.8 Å². The number of rotatable bonds is 6. The Kier molecular flexibility index (Phi) is 6.49. The molecule has 1 fully saturated rings.